The quantitative estimate of drug-likeness (QED) is 0.459. The van der Waals surface area contributed by atoms with E-state index in [1.165, 1.54) is 0 Å². The molecule has 0 aliphatic carbocycles. The molecule has 0 fully saturated rings. The van der Waals surface area contributed by atoms with Gasteiger partial charge >= 0.3 is 11.9 Å². The highest BCUT2D eigenvalue weighted by molar-refractivity contribution is 5.90. The number of hydrogen-bond donors (Lipinski definition) is 1. The van der Waals surface area contributed by atoms with Gasteiger partial charge in [0.2, 0.25) is 0 Å². The van der Waals surface area contributed by atoms with Crippen LogP contribution >= 0.6 is 0 Å². The van der Waals surface area contributed by atoms with E-state index < -0.39 is 25.3 Å². The van der Waals surface area contributed by atoms with Gasteiger partial charge in [-0.15, -0.1) is 0 Å². The summed E-state index contributed by atoms with van der Waals surface area (Å²) in [5, 5.41) is 8.12. The maximum Gasteiger partial charge on any atom is 0.330 e. The number of carbonyl (C=O) groups excluding carboxylic acids is 1. The SMILES string of the molecule is [2H]C([2H])([2H])C([2H])([2H])OC(=O)C=CC(=O)O. The summed E-state index contributed by atoms with van der Waals surface area (Å²) in [6, 6.07) is 0. The van der Waals surface area contributed by atoms with Crippen LogP contribution in [0.4, 0.5) is 0 Å². The fraction of sp³-hybridized carbons (Fsp3) is 0.333. The molecular formula is C6H8O4. The first-order valence-corrected chi connectivity index (χ1v) is 2.20. The van der Waals surface area contributed by atoms with Crippen molar-refractivity contribution in [1.82, 2.24) is 0 Å². The number of esters is 1. The Morgan fingerprint density at radius 2 is 2.50 bits per heavy atom. The van der Waals surface area contributed by atoms with Gasteiger partial charge in [-0.05, 0) is 6.85 Å². The zero-order valence-corrected chi connectivity index (χ0v) is 4.83. The molecule has 4 nitrogen and oxygen atoms in total. The van der Waals surface area contributed by atoms with Crippen molar-refractivity contribution >= 4 is 11.9 Å². The first-order chi connectivity index (χ1) is 6.56. The third-order valence-electron chi connectivity index (χ3n) is 0.514. The zero-order chi connectivity index (χ0) is 12.3. The Balaban J connectivity index is 4.49. The van der Waals surface area contributed by atoms with Gasteiger partial charge in [-0.1, -0.05) is 0 Å². The molecule has 0 aliphatic heterocycles. The fourth-order valence-electron chi connectivity index (χ4n) is 0.224. The summed E-state index contributed by atoms with van der Waals surface area (Å²) in [6.45, 7) is -6.27. The van der Waals surface area contributed by atoms with Gasteiger partial charge in [0.1, 0.15) is 0 Å². The number of carboxylic acid groups (broad SMARTS) is 1. The molecule has 0 amide bonds. The topological polar surface area (TPSA) is 63.6 Å². The van der Waals surface area contributed by atoms with Crippen LogP contribution in [0.3, 0.4) is 0 Å². The Hall–Kier alpha value is -1.32. The summed E-state index contributed by atoms with van der Waals surface area (Å²) in [5.74, 6) is -2.81. The van der Waals surface area contributed by atoms with Gasteiger partial charge in [-0.25, -0.2) is 9.59 Å². The molecule has 10 heavy (non-hydrogen) atoms. The van der Waals surface area contributed by atoms with Crippen molar-refractivity contribution in [2.75, 3.05) is 6.56 Å². The van der Waals surface area contributed by atoms with Gasteiger partial charge in [-0.3, -0.25) is 0 Å². The Morgan fingerprint density at radius 1 is 1.80 bits per heavy atom. The van der Waals surface area contributed by atoms with E-state index in [4.69, 9.17) is 12.0 Å². The second-order valence-electron chi connectivity index (χ2n) is 1.19. The van der Waals surface area contributed by atoms with Crippen LogP contribution in [-0.2, 0) is 14.3 Å². The highest BCUT2D eigenvalue weighted by atomic mass is 16.5. The molecule has 0 aromatic rings. The van der Waals surface area contributed by atoms with Crippen LogP contribution in [0.15, 0.2) is 12.2 Å². The van der Waals surface area contributed by atoms with E-state index in [-0.39, 0.29) is 0 Å². The first kappa shape index (κ1) is 3.18. The zero-order valence-electron chi connectivity index (χ0n) is 9.83. The maximum atomic E-state index is 10.7. The average molecular weight is 149 g/mol. The van der Waals surface area contributed by atoms with E-state index in [2.05, 4.69) is 4.74 Å². The fourth-order valence-corrected chi connectivity index (χ4v) is 0.224. The Kier molecular flexibility index (Phi) is 1.45. The molecule has 0 aliphatic rings. The van der Waals surface area contributed by atoms with Crippen LogP contribution in [0.1, 0.15) is 13.7 Å². The van der Waals surface area contributed by atoms with Crippen molar-refractivity contribution in [2.45, 2.75) is 6.85 Å². The molecule has 0 atom stereocenters. The molecule has 0 unspecified atom stereocenters. The monoisotopic (exact) mass is 149 g/mol. The van der Waals surface area contributed by atoms with Crippen molar-refractivity contribution < 1.29 is 26.3 Å². The standard InChI is InChI=1S/C6H8O4/c1-2-10-6(9)4-3-5(7)8/h3-4H,2H2,1H3,(H,7,8)/i1D3,2D2. The molecule has 0 bridgehead atoms. The number of carboxylic acids is 1. The number of ether oxygens (including phenoxy) is 1. The molecule has 56 valence electrons. The van der Waals surface area contributed by atoms with Crippen LogP contribution in [0.2, 0.25) is 0 Å². The minimum absolute atomic E-state index is 0.415. The van der Waals surface area contributed by atoms with Crippen molar-refractivity contribution in [3.05, 3.63) is 12.2 Å². The van der Waals surface area contributed by atoms with Crippen molar-refractivity contribution in [3.63, 3.8) is 0 Å². The third kappa shape index (κ3) is 4.83. The summed E-state index contributed by atoms with van der Waals surface area (Å²) >= 11 is 0. The molecule has 0 aromatic heterocycles. The summed E-state index contributed by atoms with van der Waals surface area (Å²) in [7, 11) is 0. The number of aliphatic carboxylic acids is 1. The van der Waals surface area contributed by atoms with E-state index in [1.807, 2.05) is 0 Å². The van der Waals surface area contributed by atoms with Gasteiger partial charge in [0.25, 0.3) is 0 Å². The summed E-state index contributed by atoms with van der Waals surface area (Å²) in [6.07, 6.45) is 0.837. The maximum absolute atomic E-state index is 10.7. The summed E-state index contributed by atoms with van der Waals surface area (Å²) in [4.78, 5) is 20.7. The van der Waals surface area contributed by atoms with Gasteiger partial charge in [0, 0.05) is 16.3 Å². The van der Waals surface area contributed by atoms with Crippen molar-refractivity contribution in [1.29, 1.82) is 0 Å². The van der Waals surface area contributed by atoms with Gasteiger partial charge in [-0.2, -0.15) is 0 Å². The molecule has 0 radical (unpaired) electrons. The smallest absolute Gasteiger partial charge is 0.330 e. The second-order valence-corrected chi connectivity index (χ2v) is 1.19. The predicted octanol–water partition coefficient (Wildman–Crippen LogP) is 0.190. The van der Waals surface area contributed by atoms with E-state index in [1.54, 1.807) is 0 Å². The summed E-state index contributed by atoms with van der Waals surface area (Å²) < 4.78 is 37.7. The highest BCUT2D eigenvalue weighted by Crippen LogP contribution is 1.80. The molecular weight excluding hydrogens is 136 g/mol. The van der Waals surface area contributed by atoms with Crippen LogP contribution in [0.25, 0.3) is 0 Å². The third-order valence-corrected chi connectivity index (χ3v) is 0.514. The Morgan fingerprint density at radius 3 is 3.00 bits per heavy atom. The molecule has 0 heterocycles. The molecule has 0 rings (SSSR count). The highest BCUT2D eigenvalue weighted by Gasteiger charge is 1.94. The summed E-state index contributed by atoms with van der Waals surface area (Å²) in [5.41, 5.74) is 0. The Bertz CT molecular complexity index is 292. The first-order valence-electron chi connectivity index (χ1n) is 4.70. The van der Waals surface area contributed by atoms with Gasteiger partial charge < -0.3 is 9.84 Å². The van der Waals surface area contributed by atoms with Gasteiger partial charge in [0.15, 0.2) is 0 Å². The minimum atomic E-state index is -3.15. The van der Waals surface area contributed by atoms with Crippen LogP contribution < -0.4 is 0 Å². The predicted molar refractivity (Wildman–Crippen MR) is 33.4 cm³/mol. The van der Waals surface area contributed by atoms with Crippen molar-refractivity contribution in [3.8, 4) is 0 Å². The van der Waals surface area contributed by atoms with Gasteiger partial charge in [0.05, 0.1) is 9.30 Å². The molecule has 4 heteroatoms. The second kappa shape index (κ2) is 4.55. The number of rotatable bonds is 3. The molecule has 0 spiro atoms. The molecule has 0 saturated heterocycles. The van der Waals surface area contributed by atoms with E-state index in [0.29, 0.717) is 12.2 Å². The minimum Gasteiger partial charge on any atom is -0.478 e. The Labute approximate surface area is 65.1 Å². The lowest BCUT2D eigenvalue weighted by atomic mass is 10.5. The molecule has 0 aromatic carbocycles. The van der Waals surface area contributed by atoms with Crippen LogP contribution in [-0.4, -0.2) is 23.6 Å². The lowest BCUT2D eigenvalue weighted by Crippen LogP contribution is -2.00. The molecule has 1 N–H and O–H groups in total. The lowest BCUT2D eigenvalue weighted by Gasteiger charge is -1.92. The number of hydrogen-bond acceptors (Lipinski definition) is 3. The van der Waals surface area contributed by atoms with Crippen LogP contribution in [0.5, 0.6) is 0 Å². The average Bonchev–Trinajstić information content (AvgIpc) is 1.97. The van der Waals surface area contributed by atoms with Crippen LogP contribution in [0, 0.1) is 0 Å². The van der Waals surface area contributed by atoms with E-state index >= 15 is 0 Å². The largest absolute Gasteiger partial charge is 0.478 e. The van der Waals surface area contributed by atoms with Crippen molar-refractivity contribution in [2.24, 2.45) is 0 Å². The normalized spacial score (nSPS) is 19.8. The van der Waals surface area contributed by atoms with E-state index in [0.717, 1.165) is 0 Å². The number of carbonyl (C=O) groups is 2. The lowest BCUT2D eigenvalue weighted by molar-refractivity contribution is -0.138. The van der Waals surface area contributed by atoms with E-state index in [9.17, 15) is 9.59 Å². The molecule has 0 saturated carbocycles.